The first kappa shape index (κ1) is 29.6. The quantitative estimate of drug-likeness (QED) is 0.161. The molecule has 1 heterocycles. The van der Waals surface area contributed by atoms with Crippen LogP contribution in [0.4, 0.5) is 0 Å². The van der Waals surface area contributed by atoms with Gasteiger partial charge in [-0.15, -0.1) is 11.3 Å². The summed E-state index contributed by atoms with van der Waals surface area (Å²) in [4.78, 5) is 0. The van der Waals surface area contributed by atoms with Gasteiger partial charge in [-0.05, 0) is 102 Å². The second kappa shape index (κ2) is 12.2. The van der Waals surface area contributed by atoms with E-state index in [9.17, 15) is 0 Å². The molecule has 0 amide bonds. The molecule has 10 aromatic rings. The molecule has 0 saturated heterocycles. The first-order valence-electron chi connectivity index (χ1n) is 17.5. The van der Waals surface area contributed by atoms with Crippen molar-refractivity contribution in [1.29, 1.82) is 0 Å². The Hall–Kier alpha value is -6.28. The molecule has 9 aromatic carbocycles. The summed E-state index contributed by atoms with van der Waals surface area (Å²) < 4.78 is 2.63. The number of fused-ring (bicyclic) bond motifs is 6. The molecule has 0 spiro atoms. The summed E-state index contributed by atoms with van der Waals surface area (Å²) in [7, 11) is 0. The first-order chi connectivity index (χ1) is 25.3. The van der Waals surface area contributed by atoms with Crippen LogP contribution in [0.15, 0.2) is 194 Å². The van der Waals surface area contributed by atoms with Crippen LogP contribution in [-0.2, 0) is 0 Å². The van der Waals surface area contributed by atoms with Crippen LogP contribution in [0.3, 0.4) is 0 Å². The molecule has 0 bridgehead atoms. The Bertz CT molecular complexity index is 2880. The van der Waals surface area contributed by atoms with E-state index in [1.807, 2.05) is 11.3 Å². The number of hydrogen-bond donors (Lipinski definition) is 0. The molecular weight excluding hydrogens is 633 g/mol. The predicted molar refractivity (Wildman–Crippen MR) is 222 cm³/mol. The van der Waals surface area contributed by atoms with Crippen LogP contribution in [0.5, 0.6) is 0 Å². The van der Waals surface area contributed by atoms with Gasteiger partial charge >= 0.3 is 0 Å². The van der Waals surface area contributed by atoms with Gasteiger partial charge in [0.25, 0.3) is 0 Å². The molecule has 0 radical (unpaired) electrons. The molecule has 0 fully saturated rings. The molecule has 0 saturated carbocycles. The Kier molecular flexibility index (Phi) is 7.11. The topological polar surface area (TPSA) is 0 Å². The highest BCUT2D eigenvalue weighted by molar-refractivity contribution is 7.27. The third-order valence-electron chi connectivity index (χ3n) is 10.2. The second-order valence-corrected chi connectivity index (χ2v) is 14.3. The first-order valence-corrected chi connectivity index (χ1v) is 18.3. The fraction of sp³-hybridized carbons (Fsp3) is 0. The summed E-state index contributed by atoms with van der Waals surface area (Å²) in [5.74, 6) is 0. The lowest BCUT2D eigenvalue weighted by molar-refractivity contribution is 1.62. The predicted octanol–water partition coefficient (Wildman–Crippen LogP) is 14.7. The molecule has 0 unspecified atom stereocenters. The summed E-state index contributed by atoms with van der Waals surface area (Å²) in [5.41, 5.74) is 12.4. The molecule has 51 heavy (non-hydrogen) atoms. The van der Waals surface area contributed by atoms with Crippen molar-refractivity contribution in [3.8, 4) is 55.6 Å². The minimum Gasteiger partial charge on any atom is -0.134 e. The van der Waals surface area contributed by atoms with Gasteiger partial charge in [-0.25, -0.2) is 0 Å². The Labute approximate surface area is 301 Å². The molecular formula is C50H32S. The van der Waals surface area contributed by atoms with E-state index in [0.29, 0.717) is 0 Å². The third kappa shape index (κ3) is 5.14. The Balaban J connectivity index is 1.26. The molecule has 0 aliphatic rings. The van der Waals surface area contributed by atoms with Crippen LogP contribution in [0.2, 0.25) is 0 Å². The number of hydrogen-bond acceptors (Lipinski definition) is 1. The van der Waals surface area contributed by atoms with Crippen molar-refractivity contribution < 1.29 is 0 Å². The van der Waals surface area contributed by atoms with Gasteiger partial charge in [0.1, 0.15) is 0 Å². The zero-order chi connectivity index (χ0) is 33.7. The third-order valence-corrected chi connectivity index (χ3v) is 11.5. The molecule has 0 nitrogen and oxygen atoms in total. The van der Waals surface area contributed by atoms with E-state index in [2.05, 4.69) is 194 Å². The molecule has 0 aliphatic heterocycles. The SMILES string of the molecule is c1ccc(-c2cc(-c3ccccc3)c3sc4c(-c5cccc(-c6cc7ccccc7c7ccccc67)c5)cc(-c5ccccc5)cc4c3c2)cc1. The molecule has 10 rings (SSSR count). The van der Waals surface area contributed by atoms with Crippen LogP contribution in [-0.4, -0.2) is 0 Å². The van der Waals surface area contributed by atoms with Gasteiger partial charge in [-0.2, -0.15) is 0 Å². The van der Waals surface area contributed by atoms with Crippen molar-refractivity contribution in [3.63, 3.8) is 0 Å². The minimum absolute atomic E-state index is 1.22. The van der Waals surface area contributed by atoms with Gasteiger partial charge in [0, 0.05) is 31.3 Å². The van der Waals surface area contributed by atoms with Crippen molar-refractivity contribution in [1.82, 2.24) is 0 Å². The lowest BCUT2D eigenvalue weighted by Crippen LogP contribution is -1.87. The maximum absolute atomic E-state index is 2.41. The van der Waals surface area contributed by atoms with Crippen molar-refractivity contribution in [2.75, 3.05) is 0 Å². The largest absolute Gasteiger partial charge is 0.134 e. The van der Waals surface area contributed by atoms with Crippen LogP contribution < -0.4 is 0 Å². The Morgan fingerprint density at radius 1 is 0.235 bits per heavy atom. The summed E-state index contributed by atoms with van der Waals surface area (Å²) in [5, 5.41) is 7.71. The minimum atomic E-state index is 1.22. The summed E-state index contributed by atoms with van der Waals surface area (Å²) in [6, 6.07) is 71.2. The van der Waals surface area contributed by atoms with Gasteiger partial charge in [0.2, 0.25) is 0 Å². The van der Waals surface area contributed by atoms with Crippen LogP contribution in [0, 0.1) is 0 Å². The highest BCUT2D eigenvalue weighted by Gasteiger charge is 2.19. The zero-order valence-electron chi connectivity index (χ0n) is 27.9. The zero-order valence-corrected chi connectivity index (χ0v) is 28.7. The van der Waals surface area contributed by atoms with Gasteiger partial charge < -0.3 is 0 Å². The molecule has 0 aliphatic carbocycles. The van der Waals surface area contributed by atoms with Gasteiger partial charge in [-0.1, -0.05) is 158 Å². The average Bonchev–Trinajstić information content (AvgIpc) is 3.59. The van der Waals surface area contributed by atoms with Gasteiger partial charge in [-0.3, -0.25) is 0 Å². The van der Waals surface area contributed by atoms with Crippen LogP contribution in [0.1, 0.15) is 0 Å². The number of benzene rings is 9. The van der Waals surface area contributed by atoms with E-state index in [4.69, 9.17) is 0 Å². The van der Waals surface area contributed by atoms with Crippen LogP contribution in [0.25, 0.3) is 97.4 Å². The normalized spacial score (nSPS) is 11.5. The van der Waals surface area contributed by atoms with E-state index in [1.165, 1.54) is 97.4 Å². The number of thiophene rings is 1. The van der Waals surface area contributed by atoms with Gasteiger partial charge in [0.05, 0.1) is 0 Å². The van der Waals surface area contributed by atoms with E-state index in [0.717, 1.165) is 0 Å². The van der Waals surface area contributed by atoms with E-state index >= 15 is 0 Å². The van der Waals surface area contributed by atoms with Crippen molar-refractivity contribution in [2.24, 2.45) is 0 Å². The van der Waals surface area contributed by atoms with E-state index < -0.39 is 0 Å². The van der Waals surface area contributed by atoms with Crippen molar-refractivity contribution in [3.05, 3.63) is 194 Å². The molecule has 1 aromatic heterocycles. The highest BCUT2D eigenvalue weighted by atomic mass is 32.1. The van der Waals surface area contributed by atoms with E-state index in [-0.39, 0.29) is 0 Å². The van der Waals surface area contributed by atoms with Crippen molar-refractivity contribution >= 4 is 53.1 Å². The average molecular weight is 665 g/mol. The maximum atomic E-state index is 2.41. The molecule has 0 atom stereocenters. The monoisotopic (exact) mass is 664 g/mol. The molecule has 238 valence electrons. The fourth-order valence-corrected chi connectivity index (χ4v) is 9.10. The highest BCUT2D eigenvalue weighted by Crippen LogP contribution is 2.48. The molecule has 1 heteroatoms. The standard InChI is InChI=1S/C50H32S/c1-4-15-33(16-5-1)39-29-45(35-19-8-3-9-20-35)49-47(31-39)48-32-40(34-17-6-2-7-18-34)30-46(50(48)51-49)37-23-14-22-36(27-37)44-28-38-21-10-11-24-41(38)42-25-12-13-26-43(42)44/h1-32H. The Morgan fingerprint density at radius 3 is 1.29 bits per heavy atom. The molecule has 0 N–H and O–H groups in total. The summed E-state index contributed by atoms with van der Waals surface area (Å²) in [6.45, 7) is 0. The van der Waals surface area contributed by atoms with Crippen molar-refractivity contribution in [2.45, 2.75) is 0 Å². The van der Waals surface area contributed by atoms with E-state index in [1.54, 1.807) is 0 Å². The summed E-state index contributed by atoms with van der Waals surface area (Å²) >= 11 is 1.92. The number of rotatable bonds is 5. The Morgan fingerprint density at radius 2 is 0.686 bits per heavy atom. The maximum Gasteiger partial charge on any atom is 0.0434 e. The lowest BCUT2D eigenvalue weighted by Gasteiger charge is -2.13. The smallest absolute Gasteiger partial charge is 0.0434 e. The lowest BCUT2D eigenvalue weighted by atomic mass is 9.90. The fourth-order valence-electron chi connectivity index (χ4n) is 7.77. The van der Waals surface area contributed by atoms with Crippen LogP contribution >= 0.6 is 11.3 Å². The second-order valence-electron chi connectivity index (χ2n) is 13.3. The summed E-state index contributed by atoms with van der Waals surface area (Å²) in [6.07, 6.45) is 0. The van der Waals surface area contributed by atoms with Gasteiger partial charge in [0.15, 0.2) is 0 Å².